The molecular formula is C31H33N5O4. The second-order valence-corrected chi connectivity index (χ2v) is 10.4. The van der Waals surface area contributed by atoms with Crippen LogP contribution < -0.4 is 20.9 Å². The van der Waals surface area contributed by atoms with E-state index in [0.29, 0.717) is 23.8 Å². The zero-order valence-electron chi connectivity index (χ0n) is 22.5. The summed E-state index contributed by atoms with van der Waals surface area (Å²) in [6.45, 7) is 8.13. The number of hydrogen-bond acceptors (Lipinski definition) is 5. The number of rotatable bonds is 9. The van der Waals surface area contributed by atoms with Crippen molar-refractivity contribution in [3.8, 4) is 0 Å². The van der Waals surface area contributed by atoms with Gasteiger partial charge in [0.25, 0.3) is 12.6 Å². The van der Waals surface area contributed by atoms with Gasteiger partial charge in [0.15, 0.2) is 0 Å². The van der Waals surface area contributed by atoms with Crippen molar-refractivity contribution in [2.24, 2.45) is 0 Å². The van der Waals surface area contributed by atoms with Crippen molar-refractivity contribution < 1.29 is 19.1 Å². The van der Waals surface area contributed by atoms with E-state index in [1.807, 2.05) is 12.1 Å². The molecule has 9 nitrogen and oxygen atoms in total. The van der Waals surface area contributed by atoms with Crippen molar-refractivity contribution >= 4 is 34.2 Å². The molecule has 3 amide bonds. The van der Waals surface area contributed by atoms with Gasteiger partial charge in [0.2, 0.25) is 0 Å². The lowest BCUT2D eigenvalue weighted by molar-refractivity contribution is -0.139. The molecule has 1 atom stereocenters. The summed E-state index contributed by atoms with van der Waals surface area (Å²) in [4.78, 5) is 43.0. The zero-order chi connectivity index (χ0) is 28.1. The lowest BCUT2D eigenvalue weighted by Crippen LogP contribution is -2.40. The molecule has 0 aromatic heterocycles. The third-order valence-electron chi connectivity index (χ3n) is 7.76. The molecule has 5 rings (SSSR count). The second-order valence-electron chi connectivity index (χ2n) is 10.4. The number of ether oxygens (including phenoxy) is 1. The maximum absolute atomic E-state index is 13.7. The Bertz CT molecular complexity index is 1480. The fourth-order valence-electron chi connectivity index (χ4n) is 5.61. The first kappa shape index (κ1) is 27.2. The molecule has 1 heterocycles. The van der Waals surface area contributed by atoms with Crippen LogP contribution in [-0.4, -0.2) is 50.7 Å². The smallest absolute Gasteiger partial charge is 0.314 e. The number of hydrogen-bond donors (Lipinski definition) is 3. The molecule has 0 bridgehead atoms. The van der Waals surface area contributed by atoms with E-state index in [1.165, 1.54) is 0 Å². The highest BCUT2D eigenvalue weighted by Gasteiger charge is 2.47. The van der Waals surface area contributed by atoms with Crippen LogP contribution >= 0.6 is 0 Å². The van der Waals surface area contributed by atoms with E-state index in [9.17, 15) is 14.4 Å². The minimum atomic E-state index is -0.882. The molecule has 1 saturated heterocycles. The Morgan fingerprint density at radius 2 is 1.80 bits per heavy atom. The number of fused-ring (bicyclic) bond motifs is 1. The largest absolute Gasteiger partial charge is 0.383 e. The average Bonchev–Trinajstić information content (AvgIpc) is 3.61. The zero-order valence-corrected chi connectivity index (χ0v) is 22.5. The van der Waals surface area contributed by atoms with Crippen molar-refractivity contribution in [3.05, 3.63) is 88.8 Å². The number of nitrogens with one attached hydrogen (secondary N) is 3. The standard InChI is InChI=1S/C31H33N5O4/c1-32-20-34-30(39)29(38)33-18-22-9-4-6-12-26(22)28(37)35-31(13-14-31)27-17-24(16-21-8-3-5-11-25(21)27)36-15-7-10-23(36)19-40-2/h3-6,8-9,11-12,16-17,23H,7,10,13-15,18-20H2,2H3,(H,33,38)(H,34,39)(H,35,37). The van der Waals surface area contributed by atoms with Crippen LogP contribution in [-0.2, 0) is 26.4 Å². The molecule has 2 fully saturated rings. The van der Waals surface area contributed by atoms with E-state index < -0.39 is 17.4 Å². The quantitative estimate of drug-likeness (QED) is 0.285. The number of benzene rings is 3. The summed E-state index contributed by atoms with van der Waals surface area (Å²) in [5.74, 6) is -1.96. The molecule has 206 valence electrons. The van der Waals surface area contributed by atoms with Gasteiger partial charge in [0.05, 0.1) is 18.2 Å². The number of nitrogens with zero attached hydrogens (tertiary/aromatic N) is 2. The van der Waals surface area contributed by atoms with Crippen molar-refractivity contribution in [3.63, 3.8) is 0 Å². The molecule has 40 heavy (non-hydrogen) atoms. The Labute approximate surface area is 233 Å². The maximum atomic E-state index is 13.7. The lowest BCUT2D eigenvalue weighted by Gasteiger charge is -2.29. The van der Waals surface area contributed by atoms with Crippen LogP contribution in [0.3, 0.4) is 0 Å². The van der Waals surface area contributed by atoms with Gasteiger partial charge in [-0.05, 0) is 65.8 Å². The van der Waals surface area contributed by atoms with Crippen molar-refractivity contribution in [2.75, 3.05) is 31.8 Å². The monoisotopic (exact) mass is 539 g/mol. The summed E-state index contributed by atoms with van der Waals surface area (Å²) >= 11 is 0. The normalized spacial score (nSPS) is 17.2. The topological polar surface area (TPSA) is 104 Å². The lowest BCUT2D eigenvalue weighted by atomic mass is 9.94. The van der Waals surface area contributed by atoms with Gasteiger partial charge < -0.3 is 20.3 Å². The van der Waals surface area contributed by atoms with Crippen molar-refractivity contribution in [1.82, 2.24) is 16.0 Å². The molecule has 1 unspecified atom stereocenters. The van der Waals surface area contributed by atoms with Gasteiger partial charge in [-0.2, -0.15) is 0 Å². The van der Waals surface area contributed by atoms with Crippen LogP contribution in [0.25, 0.3) is 15.6 Å². The van der Waals surface area contributed by atoms with E-state index in [-0.39, 0.29) is 19.1 Å². The Balaban J connectivity index is 1.39. The van der Waals surface area contributed by atoms with E-state index in [0.717, 1.165) is 54.3 Å². The molecule has 3 aromatic rings. The number of anilines is 1. The summed E-state index contributed by atoms with van der Waals surface area (Å²) in [7, 11) is 1.74. The highest BCUT2D eigenvalue weighted by molar-refractivity contribution is 6.35. The molecule has 0 radical (unpaired) electrons. The van der Waals surface area contributed by atoms with Crippen molar-refractivity contribution in [2.45, 2.75) is 43.8 Å². The van der Waals surface area contributed by atoms with E-state index in [1.54, 1.807) is 31.4 Å². The van der Waals surface area contributed by atoms with Gasteiger partial charge in [-0.15, -0.1) is 0 Å². The second kappa shape index (κ2) is 11.8. The van der Waals surface area contributed by atoms with Crippen LogP contribution in [0, 0.1) is 6.57 Å². The molecule has 2 aliphatic rings. The molecule has 1 aliphatic heterocycles. The van der Waals surface area contributed by atoms with Gasteiger partial charge in [0.1, 0.15) is 0 Å². The molecule has 3 aromatic carbocycles. The maximum Gasteiger partial charge on any atom is 0.314 e. The highest BCUT2D eigenvalue weighted by atomic mass is 16.5. The van der Waals surface area contributed by atoms with E-state index in [4.69, 9.17) is 11.3 Å². The number of methoxy groups -OCH3 is 1. The highest BCUT2D eigenvalue weighted by Crippen LogP contribution is 2.49. The van der Waals surface area contributed by atoms with Crippen LogP contribution in [0.4, 0.5) is 5.69 Å². The third kappa shape index (κ3) is 5.63. The predicted molar refractivity (Wildman–Crippen MR) is 152 cm³/mol. The van der Waals surface area contributed by atoms with Gasteiger partial charge in [0, 0.05) is 31.5 Å². The van der Waals surface area contributed by atoms with Gasteiger partial charge in [-0.1, -0.05) is 42.5 Å². The Hall–Kier alpha value is -4.42. The van der Waals surface area contributed by atoms with Crippen LogP contribution in [0.2, 0.25) is 0 Å². The summed E-state index contributed by atoms with van der Waals surface area (Å²) < 4.78 is 5.49. The minimum absolute atomic E-state index is 0.00906. The SMILES string of the molecule is [C-]#[N+]CNC(=O)C(=O)NCc1ccccc1C(=O)NC1(c2cc(N3CCCC3COC)cc3ccccc23)CC1. The number of carbonyl (C=O) groups excluding carboxylic acids is 3. The Kier molecular flexibility index (Phi) is 7.99. The Morgan fingerprint density at radius 3 is 2.58 bits per heavy atom. The Morgan fingerprint density at radius 1 is 1.05 bits per heavy atom. The number of amides is 3. The van der Waals surface area contributed by atoms with Gasteiger partial charge in [-0.25, -0.2) is 6.57 Å². The summed E-state index contributed by atoms with van der Waals surface area (Å²) in [6, 6.07) is 20.1. The molecule has 1 aliphatic carbocycles. The van der Waals surface area contributed by atoms with Crippen LogP contribution in [0.5, 0.6) is 0 Å². The number of carbonyl (C=O) groups is 3. The van der Waals surface area contributed by atoms with Crippen LogP contribution in [0.1, 0.15) is 47.2 Å². The first-order valence-corrected chi connectivity index (χ1v) is 13.5. The predicted octanol–water partition coefficient (Wildman–Crippen LogP) is 3.48. The fourth-order valence-corrected chi connectivity index (χ4v) is 5.61. The molecule has 0 spiro atoms. The summed E-state index contributed by atoms with van der Waals surface area (Å²) in [6.07, 6.45) is 3.86. The van der Waals surface area contributed by atoms with Crippen LogP contribution in [0.15, 0.2) is 60.7 Å². The molecule has 3 N–H and O–H groups in total. The van der Waals surface area contributed by atoms with E-state index >= 15 is 0 Å². The molecule has 1 saturated carbocycles. The fraction of sp³-hybridized carbons (Fsp3) is 0.355. The average molecular weight is 540 g/mol. The van der Waals surface area contributed by atoms with Gasteiger partial charge >= 0.3 is 11.8 Å². The summed E-state index contributed by atoms with van der Waals surface area (Å²) in [5.41, 5.74) is 2.81. The first-order chi connectivity index (χ1) is 19.5. The summed E-state index contributed by atoms with van der Waals surface area (Å²) in [5, 5.41) is 10.3. The van der Waals surface area contributed by atoms with E-state index in [2.05, 4.69) is 50.0 Å². The first-order valence-electron chi connectivity index (χ1n) is 13.5. The molecule has 9 heteroatoms. The molecular weight excluding hydrogens is 506 g/mol. The third-order valence-corrected chi connectivity index (χ3v) is 7.76. The minimum Gasteiger partial charge on any atom is -0.383 e. The van der Waals surface area contributed by atoms with Crippen molar-refractivity contribution in [1.29, 1.82) is 0 Å². The van der Waals surface area contributed by atoms with Gasteiger partial charge in [-0.3, -0.25) is 24.5 Å².